The number of nitrogens with one attached hydrogen (secondary N) is 3. The molecule has 158 valence electrons. The van der Waals surface area contributed by atoms with Crippen LogP contribution in [0, 0.1) is 11.8 Å². The predicted octanol–water partition coefficient (Wildman–Crippen LogP) is 2.45. The van der Waals surface area contributed by atoms with Crippen LogP contribution in [0.25, 0.3) is 0 Å². The van der Waals surface area contributed by atoms with Crippen LogP contribution in [0.2, 0.25) is 0 Å². The highest BCUT2D eigenvalue weighted by atomic mass is 35.5. The fraction of sp³-hybridized carbons (Fsp3) is 0.476. The third-order valence-electron chi connectivity index (χ3n) is 5.43. The maximum Gasteiger partial charge on any atom is 0.227 e. The molecule has 1 saturated heterocycles. The first kappa shape index (κ1) is 22.9. The van der Waals surface area contributed by atoms with Crippen LogP contribution in [0.1, 0.15) is 37.3 Å². The molecule has 0 radical (unpaired) electrons. The molecule has 2 aromatic rings. The molecule has 1 aliphatic heterocycles. The lowest BCUT2D eigenvalue weighted by Crippen LogP contribution is -2.34. The molecule has 3 N–H and O–H groups in total. The van der Waals surface area contributed by atoms with Crippen molar-refractivity contribution in [2.45, 2.75) is 32.7 Å². The van der Waals surface area contributed by atoms with Crippen LogP contribution in [-0.4, -0.2) is 34.7 Å². The van der Waals surface area contributed by atoms with Gasteiger partial charge in [0.15, 0.2) is 0 Å². The summed E-state index contributed by atoms with van der Waals surface area (Å²) in [5.74, 6) is 0.0444. The number of halogens is 1. The number of hydrogen-bond donors (Lipinski definition) is 3. The zero-order chi connectivity index (χ0) is 20.1. The van der Waals surface area contributed by atoms with Crippen molar-refractivity contribution < 1.29 is 9.59 Å². The molecule has 1 aliphatic rings. The first-order chi connectivity index (χ1) is 13.5. The Morgan fingerprint density at radius 2 is 2.14 bits per heavy atom. The number of amides is 2. The highest BCUT2D eigenvalue weighted by Gasteiger charge is 2.34. The molecule has 0 saturated carbocycles. The molecule has 8 heteroatoms. The van der Waals surface area contributed by atoms with Crippen molar-refractivity contribution in [3.05, 3.63) is 47.8 Å². The summed E-state index contributed by atoms with van der Waals surface area (Å²) in [6.45, 7) is 5.78. The summed E-state index contributed by atoms with van der Waals surface area (Å²) in [6, 6.07) is 7.62. The van der Waals surface area contributed by atoms with E-state index in [-0.39, 0.29) is 42.0 Å². The van der Waals surface area contributed by atoms with Gasteiger partial charge in [0, 0.05) is 50.4 Å². The summed E-state index contributed by atoms with van der Waals surface area (Å²) in [5, 5.41) is 13.5. The minimum absolute atomic E-state index is 0. The Balaban J connectivity index is 0.00000300. The van der Waals surface area contributed by atoms with Gasteiger partial charge in [0.1, 0.15) is 0 Å². The fourth-order valence-corrected chi connectivity index (χ4v) is 3.47. The number of aryl methyl sites for hydroxylation is 1. The molecule has 2 heterocycles. The summed E-state index contributed by atoms with van der Waals surface area (Å²) in [7, 11) is 1.88. The first-order valence-corrected chi connectivity index (χ1v) is 9.84. The van der Waals surface area contributed by atoms with E-state index in [2.05, 4.69) is 21.0 Å². The standard InChI is InChI=1S/C21H29N5O2.ClH/c1-4-14(2)20(27)25-17-7-5-6-15(8-17)9-23-21(28)19-12-22-11-18(19)16-10-24-26(3)13-16;/h5-8,10,13-14,18-19,22H,4,9,11-12H2,1-3H3,(H,23,28)(H,25,27);1H/t14?,18-,19+;/m1./s1. The second kappa shape index (κ2) is 10.4. The highest BCUT2D eigenvalue weighted by molar-refractivity contribution is 5.92. The average molecular weight is 420 g/mol. The van der Waals surface area contributed by atoms with Gasteiger partial charge in [-0.3, -0.25) is 14.3 Å². The summed E-state index contributed by atoms with van der Waals surface area (Å²) in [5.41, 5.74) is 2.80. The van der Waals surface area contributed by atoms with Gasteiger partial charge in [-0.05, 0) is 29.7 Å². The molecular weight excluding hydrogens is 390 g/mol. The number of hydrogen-bond acceptors (Lipinski definition) is 4. The van der Waals surface area contributed by atoms with Gasteiger partial charge >= 0.3 is 0 Å². The fourth-order valence-electron chi connectivity index (χ4n) is 3.47. The maximum absolute atomic E-state index is 12.8. The Hall–Kier alpha value is -2.38. The summed E-state index contributed by atoms with van der Waals surface area (Å²) < 4.78 is 1.77. The van der Waals surface area contributed by atoms with Gasteiger partial charge in [0.2, 0.25) is 11.8 Å². The van der Waals surface area contributed by atoms with Gasteiger partial charge < -0.3 is 16.0 Å². The van der Waals surface area contributed by atoms with E-state index in [9.17, 15) is 9.59 Å². The molecule has 0 bridgehead atoms. The predicted molar refractivity (Wildman–Crippen MR) is 116 cm³/mol. The van der Waals surface area contributed by atoms with E-state index in [4.69, 9.17) is 0 Å². The zero-order valence-electron chi connectivity index (χ0n) is 17.1. The molecule has 1 aromatic carbocycles. The number of aromatic nitrogens is 2. The largest absolute Gasteiger partial charge is 0.352 e. The van der Waals surface area contributed by atoms with E-state index in [0.717, 1.165) is 29.8 Å². The molecule has 0 spiro atoms. The number of rotatable bonds is 7. The van der Waals surface area contributed by atoms with Crippen molar-refractivity contribution in [1.29, 1.82) is 0 Å². The molecule has 1 unspecified atom stereocenters. The molecule has 1 fully saturated rings. The van der Waals surface area contributed by atoms with Crippen molar-refractivity contribution in [3.8, 4) is 0 Å². The van der Waals surface area contributed by atoms with Crippen LogP contribution in [0.5, 0.6) is 0 Å². The lowest BCUT2D eigenvalue weighted by Gasteiger charge is -2.17. The number of nitrogens with zero attached hydrogens (tertiary/aromatic N) is 2. The smallest absolute Gasteiger partial charge is 0.227 e. The van der Waals surface area contributed by atoms with E-state index in [1.807, 2.05) is 57.6 Å². The zero-order valence-corrected chi connectivity index (χ0v) is 18.0. The van der Waals surface area contributed by atoms with Gasteiger partial charge in [0.25, 0.3) is 0 Å². The second-order valence-electron chi connectivity index (χ2n) is 7.54. The maximum atomic E-state index is 12.8. The van der Waals surface area contributed by atoms with E-state index in [1.54, 1.807) is 4.68 Å². The lowest BCUT2D eigenvalue weighted by molar-refractivity contribution is -0.125. The van der Waals surface area contributed by atoms with Crippen molar-refractivity contribution >= 4 is 29.9 Å². The van der Waals surface area contributed by atoms with Crippen LogP contribution in [0.4, 0.5) is 5.69 Å². The molecule has 2 amide bonds. The third-order valence-corrected chi connectivity index (χ3v) is 5.43. The topological polar surface area (TPSA) is 88.1 Å². The quantitative estimate of drug-likeness (QED) is 0.643. The molecular formula is C21H30ClN5O2. The van der Waals surface area contributed by atoms with Gasteiger partial charge in [0.05, 0.1) is 12.1 Å². The number of benzene rings is 1. The van der Waals surface area contributed by atoms with Crippen LogP contribution < -0.4 is 16.0 Å². The number of carbonyl (C=O) groups is 2. The van der Waals surface area contributed by atoms with Crippen molar-refractivity contribution in [2.24, 2.45) is 18.9 Å². The van der Waals surface area contributed by atoms with E-state index in [0.29, 0.717) is 13.1 Å². The van der Waals surface area contributed by atoms with Gasteiger partial charge in [-0.25, -0.2) is 0 Å². The van der Waals surface area contributed by atoms with Gasteiger partial charge in [-0.15, -0.1) is 12.4 Å². The second-order valence-corrected chi connectivity index (χ2v) is 7.54. The first-order valence-electron chi connectivity index (χ1n) is 9.84. The molecule has 29 heavy (non-hydrogen) atoms. The highest BCUT2D eigenvalue weighted by Crippen LogP contribution is 2.28. The number of carbonyl (C=O) groups excluding carboxylic acids is 2. The van der Waals surface area contributed by atoms with Crippen LogP contribution in [0.3, 0.4) is 0 Å². The average Bonchev–Trinajstić information content (AvgIpc) is 3.34. The van der Waals surface area contributed by atoms with Crippen molar-refractivity contribution in [3.63, 3.8) is 0 Å². The van der Waals surface area contributed by atoms with Crippen molar-refractivity contribution in [1.82, 2.24) is 20.4 Å². The molecule has 3 rings (SSSR count). The summed E-state index contributed by atoms with van der Waals surface area (Å²) >= 11 is 0. The van der Waals surface area contributed by atoms with Crippen molar-refractivity contribution in [2.75, 3.05) is 18.4 Å². The summed E-state index contributed by atoms with van der Waals surface area (Å²) in [6.07, 6.45) is 4.61. The lowest BCUT2D eigenvalue weighted by atomic mass is 9.90. The van der Waals surface area contributed by atoms with Gasteiger partial charge in [-0.1, -0.05) is 26.0 Å². The monoisotopic (exact) mass is 419 g/mol. The Kier molecular flexibility index (Phi) is 8.22. The van der Waals surface area contributed by atoms with E-state index in [1.165, 1.54) is 0 Å². The Labute approximate surface area is 178 Å². The minimum Gasteiger partial charge on any atom is -0.352 e. The van der Waals surface area contributed by atoms with E-state index >= 15 is 0 Å². The van der Waals surface area contributed by atoms with Crippen LogP contribution >= 0.6 is 12.4 Å². The molecule has 3 atom stereocenters. The van der Waals surface area contributed by atoms with Gasteiger partial charge in [-0.2, -0.15) is 5.10 Å². The minimum atomic E-state index is -0.113. The van der Waals surface area contributed by atoms with Crippen LogP contribution in [-0.2, 0) is 23.2 Å². The van der Waals surface area contributed by atoms with Crippen LogP contribution in [0.15, 0.2) is 36.7 Å². The Bertz CT molecular complexity index is 838. The Morgan fingerprint density at radius 3 is 2.83 bits per heavy atom. The van der Waals surface area contributed by atoms with E-state index < -0.39 is 0 Å². The Morgan fingerprint density at radius 1 is 1.34 bits per heavy atom. The summed E-state index contributed by atoms with van der Waals surface area (Å²) in [4.78, 5) is 24.8. The third kappa shape index (κ3) is 5.81. The molecule has 1 aromatic heterocycles. The number of anilines is 1. The molecule has 0 aliphatic carbocycles. The normalized spacial score (nSPS) is 19.3. The SMILES string of the molecule is CCC(C)C(=O)Nc1cccc(CNC(=O)[C@H]2CNC[C@@H]2c2cnn(C)c2)c1.Cl. The molecule has 7 nitrogen and oxygen atoms in total.